The van der Waals surface area contributed by atoms with Crippen LogP contribution in [0.4, 0.5) is 13.2 Å². The first-order valence-electron chi connectivity index (χ1n) is 4.48. The van der Waals surface area contributed by atoms with Gasteiger partial charge in [-0.2, -0.15) is 4.39 Å². The standard InChI is InChI=1S/C10H9F3O/c11-7-4-5-8(10(13)9(7)12)14-6-2-1-3-6/h4-6H,1-3H2. The molecule has 0 heterocycles. The molecule has 0 unspecified atom stereocenters. The van der Waals surface area contributed by atoms with Gasteiger partial charge in [-0.05, 0) is 31.4 Å². The summed E-state index contributed by atoms with van der Waals surface area (Å²) >= 11 is 0. The van der Waals surface area contributed by atoms with Crippen LogP contribution in [0.25, 0.3) is 0 Å². The fraction of sp³-hybridized carbons (Fsp3) is 0.400. The lowest BCUT2D eigenvalue weighted by Crippen LogP contribution is -2.25. The molecule has 0 N–H and O–H groups in total. The Morgan fingerprint density at radius 3 is 2.36 bits per heavy atom. The van der Waals surface area contributed by atoms with Crippen LogP contribution in [0.2, 0.25) is 0 Å². The van der Waals surface area contributed by atoms with Crippen LogP contribution < -0.4 is 4.74 Å². The van der Waals surface area contributed by atoms with Gasteiger partial charge < -0.3 is 4.74 Å². The van der Waals surface area contributed by atoms with E-state index >= 15 is 0 Å². The van der Waals surface area contributed by atoms with Crippen LogP contribution in [-0.4, -0.2) is 6.10 Å². The second kappa shape index (κ2) is 3.52. The lowest BCUT2D eigenvalue weighted by molar-refractivity contribution is 0.113. The van der Waals surface area contributed by atoms with Crippen LogP contribution >= 0.6 is 0 Å². The molecule has 1 aromatic carbocycles. The van der Waals surface area contributed by atoms with Crippen LogP contribution in [0, 0.1) is 17.5 Å². The summed E-state index contributed by atoms with van der Waals surface area (Å²) in [6, 6.07) is 1.98. The fourth-order valence-corrected chi connectivity index (χ4v) is 1.27. The average Bonchev–Trinajstić information content (AvgIpc) is 2.10. The fourth-order valence-electron chi connectivity index (χ4n) is 1.27. The molecule has 1 saturated carbocycles. The average molecular weight is 202 g/mol. The van der Waals surface area contributed by atoms with E-state index in [1.165, 1.54) is 0 Å². The summed E-state index contributed by atoms with van der Waals surface area (Å²) in [5, 5.41) is 0. The zero-order valence-electron chi connectivity index (χ0n) is 7.40. The third-order valence-corrected chi connectivity index (χ3v) is 2.35. The summed E-state index contributed by atoms with van der Waals surface area (Å²) in [4.78, 5) is 0. The first-order chi connectivity index (χ1) is 6.68. The Morgan fingerprint density at radius 1 is 1.07 bits per heavy atom. The Hall–Kier alpha value is -1.19. The number of benzene rings is 1. The van der Waals surface area contributed by atoms with Gasteiger partial charge in [-0.25, -0.2) is 8.78 Å². The highest BCUT2D eigenvalue weighted by molar-refractivity contribution is 5.26. The molecule has 0 bridgehead atoms. The number of hydrogen-bond acceptors (Lipinski definition) is 1. The van der Waals surface area contributed by atoms with Gasteiger partial charge in [0.1, 0.15) is 0 Å². The minimum Gasteiger partial charge on any atom is -0.487 e. The van der Waals surface area contributed by atoms with Crippen molar-refractivity contribution in [1.82, 2.24) is 0 Å². The predicted octanol–water partition coefficient (Wildman–Crippen LogP) is 3.04. The van der Waals surface area contributed by atoms with Crippen molar-refractivity contribution >= 4 is 0 Å². The molecule has 0 atom stereocenters. The summed E-state index contributed by atoms with van der Waals surface area (Å²) in [7, 11) is 0. The van der Waals surface area contributed by atoms with Gasteiger partial charge in [-0.3, -0.25) is 0 Å². The minimum atomic E-state index is -1.47. The highest BCUT2D eigenvalue weighted by atomic mass is 19.2. The van der Waals surface area contributed by atoms with E-state index in [2.05, 4.69) is 0 Å². The molecule has 0 saturated heterocycles. The monoisotopic (exact) mass is 202 g/mol. The molecule has 76 valence electrons. The highest BCUT2D eigenvalue weighted by Crippen LogP contribution is 2.28. The van der Waals surface area contributed by atoms with Crippen molar-refractivity contribution in [2.45, 2.75) is 25.4 Å². The van der Waals surface area contributed by atoms with Crippen molar-refractivity contribution < 1.29 is 17.9 Å². The Labute approximate surface area is 79.5 Å². The molecule has 1 aromatic rings. The van der Waals surface area contributed by atoms with Crippen molar-refractivity contribution in [3.63, 3.8) is 0 Å². The number of halogens is 3. The molecule has 1 fully saturated rings. The van der Waals surface area contributed by atoms with Crippen LogP contribution in [0.1, 0.15) is 19.3 Å². The molecule has 2 rings (SSSR count). The second-order valence-electron chi connectivity index (χ2n) is 3.34. The quantitative estimate of drug-likeness (QED) is 0.670. The molecule has 1 aliphatic rings. The molecule has 1 nitrogen and oxygen atoms in total. The Balaban J connectivity index is 2.20. The summed E-state index contributed by atoms with van der Waals surface area (Å²) in [5.74, 6) is -4.10. The van der Waals surface area contributed by atoms with Crippen molar-refractivity contribution in [2.24, 2.45) is 0 Å². The van der Waals surface area contributed by atoms with Crippen molar-refractivity contribution in [1.29, 1.82) is 0 Å². The van der Waals surface area contributed by atoms with Gasteiger partial charge in [-0.1, -0.05) is 0 Å². The molecule has 0 aromatic heterocycles. The third kappa shape index (κ3) is 1.56. The van der Waals surface area contributed by atoms with Gasteiger partial charge in [0.05, 0.1) is 6.10 Å². The van der Waals surface area contributed by atoms with E-state index in [9.17, 15) is 13.2 Å². The molecule has 0 radical (unpaired) electrons. The van der Waals surface area contributed by atoms with Gasteiger partial charge in [0.15, 0.2) is 17.4 Å². The maximum atomic E-state index is 13.0. The number of rotatable bonds is 2. The topological polar surface area (TPSA) is 9.23 Å². The molecular formula is C10H9F3O. The van der Waals surface area contributed by atoms with E-state index in [0.717, 1.165) is 31.4 Å². The Bertz CT molecular complexity index is 347. The van der Waals surface area contributed by atoms with E-state index in [4.69, 9.17) is 4.74 Å². The van der Waals surface area contributed by atoms with Gasteiger partial charge in [-0.15, -0.1) is 0 Å². The lowest BCUT2D eigenvalue weighted by Gasteiger charge is -2.26. The molecular weight excluding hydrogens is 193 g/mol. The zero-order chi connectivity index (χ0) is 10.1. The number of ether oxygens (including phenoxy) is 1. The van der Waals surface area contributed by atoms with E-state index in [0.29, 0.717) is 0 Å². The van der Waals surface area contributed by atoms with E-state index in [-0.39, 0.29) is 11.9 Å². The maximum absolute atomic E-state index is 13.0. The Morgan fingerprint density at radius 2 is 1.79 bits per heavy atom. The maximum Gasteiger partial charge on any atom is 0.203 e. The van der Waals surface area contributed by atoms with Crippen LogP contribution in [0.3, 0.4) is 0 Å². The number of hydrogen-bond donors (Lipinski definition) is 0. The smallest absolute Gasteiger partial charge is 0.203 e. The first-order valence-corrected chi connectivity index (χ1v) is 4.48. The van der Waals surface area contributed by atoms with Gasteiger partial charge >= 0.3 is 0 Å². The SMILES string of the molecule is Fc1ccc(OC2CCC2)c(F)c1F. The second-order valence-corrected chi connectivity index (χ2v) is 3.34. The zero-order valence-corrected chi connectivity index (χ0v) is 7.40. The van der Waals surface area contributed by atoms with E-state index in [1.54, 1.807) is 0 Å². The first kappa shape index (κ1) is 9.37. The summed E-state index contributed by atoms with van der Waals surface area (Å²) < 4.78 is 43.4. The van der Waals surface area contributed by atoms with Gasteiger partial charge in [0.2, 0.25) is 5.82 Å². The predicted molar refractivity (Wildman–Crippen MR) is 44.6 cm³/mol. The van der Waals surface area contributed by atoms with Gasteiger partial charge in [0.25, 0.3) is 0 Å². The Kier molecular flexibility index (Phi) is 2.35. The molecule has 14 heavy (non-hydrogen) atoms. The minimum absolute atomic E-state index is 0.0469. The normalized spacial score (nSPS) is 16.5. The summed E-state index contributed by atoms with van der Waals surface area (Å²) in [5.41, 5.74) is 0. The molecule has 0 amide bonds. The molecule has 0 spiro atoms. The molecule has 4 heteroatoms. The van der Waals surface area contributed by atoms with Crippen molar-refractivity contribution in [3.8, 4) is 5.75 Å². The molecule has 1 aliphatic carbocycles. The van der Waals surface area contributed by atoms with Crippen LogP contribution in [-0.2, 0) is 0 Å². The van der Waals surface area contributed by atoms with Crippen molar-refractivity contribution in [2.75, 3.05) is 0 Å². The summed E-state index contributed by atoms with van der Waals surface area (Å²) in [6.07, 6.45) is 2.68. The van der Waals surface area contributed by atoms with E-state index in [1.807, 2.05) is 0 Å². The van der Waals surface area contributed by atoms with Crippen molar-refractivity contribution in [3.05, 3.63) is 29.6 Å². The molecule has 0 aliphatic heterocycles. The van der Waals surface area contributed by atoms with Gasteiger partial charge in [0, 0.05) is 0 Å². The van der Waals surface area contributed by atoms with Crippen LogP contribution in [0.5, 0.6) is 5.75 Å². The highest BCUT2D eigenvalue weighted by Gasteiger charge is 2.22. The third-order valence-electron chi connectivity index (χ3n) is 2.35. The lowest BCUT2D eigenvalue weighted by atomic mass is 9.96. The summed E-state index contributed by atoms with van der Waals surface area (Å²) in [6.45, 7) is 0. The van der Waals surface area contributed by atoms with Crippen LogP contribution in [0.15, 0.2) is 12.1 Å². The van der Waals surface area contributed by atoms with E-state index < -0.39 is 17.5 Å². The largest absolute Gasteiger partial charge is 0.487 e.